The molecule has 4 aromatic rings. The van der Waals surface area contributed by atoms with Gasteiger partial charge in [-0.2, -0.15) is 10.5 Å². The Balaban J connectivity index is 0.00000486. The van der Waals surface area contributed by atoms with Crippen molar-refractivity contribution in [1.29, 1.82) is 10.5 Å². The number of halogens is 3. The minimum atomic E-state index is -1.12. The molecular weight excluding hydrogens is 779 g/mol. The van der Waals surface area contributed by atoms with E-state index >= 15 is 0 Å². The monoisotopic (exact) mass is 818 g/mol. The van der Waals surface area contributed by atoms with Crippen LogP contribution in [-0.4, -0.2) is 63.6 Å². The molecule has 4 rings (SSSR count). The van der Waals surface area contributed by atoms with Gasteiger partial charge in [-0.05, 0) is 55.1 Å². The summed E-state index contributed by atoms with van der Waals surface area (Å²) in [5.74, 6) is -1.10. The van der Waals surface area contributed by atoms with E-state index in [2.05, 4.69) is 17.1 Å². The van der Waals surface area contributed by atoms with Crippen LogP contribution in [0.3, 0.4) is 0 Å². The normalized spacial score (nSPS) is 11.7. The van der Waals surface area contributed by atoms with Crippen LogP contribution in [0, 0.1) is 28.6 Å². The summed E-state index contributed by atoms with van der Waals surface area (Å²) in [6, 6.07) is 16.5. The Morgan fingerprint density at radius 1 is 1.02 bits per heavy atom. The molecule has 0 spiro atoms. The molecule has 7 N–H and O–H groups in total. The number of nitrogen functional groups attached to an aromatic ring is 1. The number of benzene rings is 2. The standard InChI is InChI=1S/C36H39ClN8O4S2.2ClH/c1-21(2)31(36(47)48)45(35(46)29(41)5-3-4-14-38)15-16-49-26-12-8-22(9-13-26)30-27(17-39)32(42)44-34(28(30)18-40)51-20-25-19-50-33(43-25)23-6-10-24(37)11-7-23;;/h6-13,19,21,29,31H,3-5,14-16,20,38,41H2,1-2H3,(H2,42,44)(H,47,48);2*1H/t29-,31-;;/m0../s1. The van der Waals surface area contributed by atoms with E-state index in [1.807, 2.05) is 17.5 Å². The number of thioether (sulfide) groups is 1. The van der Waals surface area contributed by atoms with Crippen LogP contribution in [0.15, 0.2) is 58.9 Å². The molecule has 0 saturated heterocycles. The maximum Gasteiger partial charge on any atom is 0.326 e. The summed E-state index contributed by atoms with van der Waals surface area (Å²) >= 11 is 8.81. The first-order chi connectivity index (χ1) is 24.5. The molecule has 53 heavy (non-hydrogen) atoms. The molecule has 2 atom stereocenters. The smallest absolute Gasteiger partial charge is 0.326 e. The van der Waals surface area contributed by atoms with Crippen LogP contribution in [0.1, 0.15) is 49.9 Å². The molecule has 12 nitrogen and oxygen atoms in total. The van der Waals surface area contributed by atoms with Crippen LogP contribution < -0.4 is 21.9 Å². The predicted octanol–water partition coefficient (Wildman–Crippen LogP) is 6.76. The fourth-order valence-corrected chi connectivity index (χ4v) is 7.37. The number of pyridine rings is 1. The van der Waals surface area contributed by atoms with Crippen molar-refractivity contribution >= 4 is 77.2 Å². The number of nitrogens with two attached hydrogens (primary N) is 3. The second-order valence-electron chi connectivity index (χ2n) is 11.9. The van der Waals surface area contributed by atoms with Gasteiger partial charge in [-0.3, -0.25) is 4.79 Å². The largest absolute Gasteiger partial charge is 0.492 e. The van der Waals surface area contributed by atoms with E-state index in [0.29, 0.717) is 58.5 Å². The number of carboxylic acid groups (broad SMARTS) is 1. The number of carbonyl (C=O) groups excluding carboxylic acids is 1. The first-order valence-corrected chi connectivity index (χ1v) is 18.4. The van der Waals surface area contributed by atoms with Gasteiger partial charge in [0.25, 0.3) is 0 Å². The van der Waals surface area contributed by atoms with Crippen molar-refractivity contribution in [3.63, 3.8) is 0 Å². The molecule has 0 saturated carbocycles. The summed E-state index contributed by atoms with van der Waals surface area (Å²) < 4.78 is 5.93. The van der Waals surface area contributed by atoms with Gasteiger partial charge < -0.3 is 31.9 Å². The Morgan fingerprint density at radius 2 is 1.66 bits per heavy atom. The number of carboxylic acids is 1. The minimum absolute atomic E-state index is 0. The lowest BCUT2D eigenvalue weighted by Gasteiger charge is -2.33. The molecule has 2 heterocycles. The maximum absolute atomic E-state index is 13.3. The van der Waals surface area contributed by atoms with E-state index in [1.54, 1.807) is 50.2 Å². The van der Waals surface area contributed by atoms with Gasteiger partial charge in [0.2, 0.25) is 5.91 Å². The van der Waals surface area contributed by atoms with Crippen LogP contribution in [0.4, 0.5) is 5.82 Å². The Labute approximate surface area is 334 Å². The second-order valence-corrected chi connectivity index (χ2v) is 14.2. The van der Waals surface area contributed by atoms with Gasteiger partial charge in [0.1, 0.15) is 52.0 Å². The van der Waals surface area contributed by atoms with Gasteiger partial charge in [0.15, 0.2) is 0 Å². The van der Waals surface area contributed by atoms with Crippen molar-refractivity contribution in [2.24, 2.45) is 17.4 Å². The Hall–Kier alpha value is -4.12. The van der Waals surface area contributed by atoms with Gasteiger partial charge in [0.05, 0.1) is 23.8 Å². The Bertz CT molecular complexity index is 1920. The number of rotatable bonds is 17. The van der Waals surface area contributed by atoms with E-state index in [4.69, 9.17) is 38.5 Å². The average molecular weight is 820 g/mol. The van der Waals surface area contributed by atoms with Gasteiger partial charge in [-0.1, -0.05) is 67.9 Å². The van der Waals surface area contributed by atoms with Crippen LogP contribution >= 0.6 is 59.5 Å². The number of nitriles is 2. The molecular formula is C36H41Cl3N8O4S2. The molecule has 0 aliphatic carbocycles. The SMILES string of the molecule is CC(C)[C@@H](C(=O)O)N(CCOc1ccc(-c2c(C#N)c(N)nc(SCc3csc(-c4ccc(Cl)cc4)n3)c2C#N)cc1)C(=O)[C@@H](N)CCCCN.Cl.Cl. The van der Waals surface area contributed by atoms with Gasteiger partial charge in [-0.15, -0.1) is 36.2 Å². The van der Waals surface area contributed by atoms with E-state index in [-0.39, 0.29) is 60.8 Å². The van der Waals surface area contributed by atoms with E-state index in [1.165, 1.54) is 28.0 Å². The van der Waals surface area contributed by atoms with Gasteiger partial charge >= 0.3 is 5.97 Å². The lowest BCUT2D eigenvalue weighted by Crippen LogP contribution is -2.54. The molecule has 0 aliphatic heterocycles. The second kappa shape index (κ2) is 21.5. The minimum Gasteiger partial charge on any atom is -0.492 e. The summed E-state index contributed by atoms with van der Waals surface area (Å²) in [5, 5.41) is 33.9. The highest BCUT2D eigenvalue weighted by Crippen LogP contribution is 2.37. The topological polar surface area (TPSA) is 218 Å². The third-order valence-corrected chi connectivity index (χ3v) is 10.2. The van der Waals surface area contributed by atoms with Crippen LogP contribution in [-0.2, 0) is 15.3 Å². The van der Waals surface area contributed by atoms with Crippen molar-refractivity contribution in [2.75, 3.05) is 25.4 Å². The number of ether oxygens (including phenoxy) is 1. The zero-order valence-corrected chi connectivity index (χ0v) is 33.1. The molecule has 0 bridgehead atoms. The predicted molar refractivity (Wildman–Crippen MR) is 214 cm³/mol. The lowest BCUT2D eigenvalue weighted by atomic mass is 9.97. The van der Waals surface area contributed by atoms with Crippen molar-refractivity contribution in [2.45, 2.75) is 56.0 Å². The van der Waals surface area contributed by atoms with Crippen molar-refractivity contribution < 1.29 is 19.4 Å². The number of aromatic nitrogens is 2. The number of anilines is 1. The molecule has 2 aromatic carbocycles. The molecule has 0 radical (unpaired) electrons. The molecule has 2 aromatic heterocycles. The summed E-state index contributed by atoms with van der Waals surface area (Å²) in [7, 11) is 0. The molecule has 17 heteroatoms. The molecule has 1 amide bonds. The van der Waals surface area contributed by atoms with Gasteiger partial charge in [-0.25, -0.2) is 14.8 Å². The Morgan fingerprint density at radius 3 is 2.25 bits per heavy atom. The molecule has 0 aliphatic rings. The number of hydrogen-bond acceptors (Lipinski definition) is 12. The summed E-state index contributed by atoms with van der Waals surface area (Å²) in [4.78, 5) is 35.8. The van der Waals surface area contributed by atoms with E-state index in [0.717, 1.165) is 16.3 Å². The third-order valence-electron chi connectivity index (χ3n) is 7.95. The maximum atomic E-state index is 13.3. The summed E-state index contributed by atoms with van der Waals surface area (Å²) in [5.41, 5.74) is 20.9. The zero-order chi connectivity index (χ0) is 37.1. The number of amides is 1. The average Bonchev–Trinajstić information content (AvgIpc) is 3.59. The summed E-state index contributed by atoms with van der Waals surface area (Å²) in [6.07, 6.45) is 1.76. The third kappa shape index (κ3) is 11.7. The van der Waals surface area contributed by atoms with E-state index in [9.17, 15) is 25.2 Å². The fourth-order valence-electron chi connectivity index (χ4n) is 5.42. The number of carbonyl (C=O) groups is 2. The van der Waals surface area contributed by atoms with Crippen LogP contribution in [0.2, 0.25) is 5.02 Å². The first-order valence-electron chi connectivity index (χ1n) is 16.2. The number of nitrogens with zero attached hydrogens (tertiary/aromatic N) is 5. The highest BCUT2D eigenvalue weighted by Gasteiger charge is 2.34. The molecule has 0 fully saturated rings. The number of aliphatic carboxylic acids is 1. The number of unbranched alkanes of at least 4 members (excludes halogenated alkanes) is 1. The molecule has 0 unspecified atom stereocenters. The fraction of sp³-hybridized carbons (Fsp3) is 0.333. The summed E-state index contributed by atoms with van der Waals surface area (Å²) in [6.45, 7) is 3.95. The number of hydrogen-bond donors (Lipinski definition) is 4. The van der Waals surface area contributed by atoms with Gasteiger partial charge in [0, 0.05) is 27.3 Å². The quantitative estimate of drug-likeness (QED) is 0.0642. The molecule has 282 valence electrons. The zero-order valence-electron chi connectivity index (χ0n) is 29.0. The number of thiazole rings is 1. The highest BCUT2D eigenvalue weighted by molar-refractivity contribution is 7.98. The Kier molecular flexibility index (Phi) is 18.3. The van der Waals surface area contributed by atoms with Crippen molar-refractivity contribution in [3.8, 4) is 39.6 Å². The van der Waals surface area contributed by atoms with Crippen molar-refractivity contribution in [3.05, 3.63) is 75.8 Å². The van der Waals surface area contributed by atoms with Crippen LogP contribution in [0.25, 0.3) is 21.7 Å². The van der Waals surface area contributed by atoms with E-state index < -0.39 is 24.0 Å². The lowest BCUT2D eigenvalue weighted by molar-refractivity contribution is -0.153. The highest BCUT2D eigenvalue weighted by atomic mass is 35.5. The van der Waals surface area contributed by atoms with Crippen LogP contribution in [0.5, 0.6) is 5.75 Å². The first kappa shape index (κ1) is 45.0. The van der Waals surface area contributed by atoms with Crippen molar-refractivity contribution in [1.82, 2.24) is 14.9 Å².